The largest absolute Gasteiger partial charge is 0.327 e. The minimum atomic E-state index is -1.55. The standard InChI is InChI=1S/C8H16N2O2S/c1-4-5-8(2,3)6-9-7(11)13(12)10-6/h6,10H,4-5H2,1-3H3,(H,9,11). The van der Waals surface area contributed by atoms with Crippen molar-refractivity contribution < 1.29 is 9.00 Å². The van der Waals surface area contributed by atoms with Crippen molar-refractivity contribution in [3.05, 3.63) is 0 Å². The van der Waals surface area contributed by atoms with E-state index in [1.165, 1.54) is 0 Å². The lowest BCUT2D eigenvalue weighted by Crippen LogP contribution is -2.45. The fourth-order valence-corrected chi connectivity index (χ4v) is 2.43. The minimum Gasteiger partial charge on any atom is -0.327 e. The third-order valence-electron chi connectivity index (χ3n) is 2.33. The van der Waals surface area contributed by atoms with Gasteiger partial charge in [0, 0.05) is 0 Å². The van der Waals surface area contributed by atoms with Gasteiger partial charge in [0.1, 0.15) is 0 Å². The van der Waals surface area contributed by atoms with E-state index in [0.717, 1.165) is 12.8 Å². The summed E-state index contributed by atoms with van der Waals surface area (Å²) in [7, 11) is -1.55. The molecule has 0 aromatic heterocycles. The Morgan fingerprint density at radius 2 is 2.15 bits per heavy atom. The van der Waals surface area contributed by atoms with Crippen molar-refractivity contribution in [3.63, 3.8) is 0 Å². The summed E-state index contributed by atoms with van der Waals surface area (Å²) in [4.78, 5) is 11.0. The molecule has 0 aliphatic carbocycles. The van der Waals surface area contributed by atoms with Gasteiger partial charge in [-0.3, -0.25) is 4.79 Å². The van der Waals surface area contributed by atoms with Crippen LogP contribution in [0, 0.1) is 5.41 Å². The molecule has 2 N–H and O–H groups in total. The average molecular weight is 204 g/mol. The van der Waals surface area contributed by atoms with Crippen LogP contribution in [-0.4, -0.2) is 15.6 Å². The van der Waals surface area contributed by atoms with Crippen molar-refractivity contribution in [1.82, 2.24) is 10.0 Å². The molecule has 0 spiro atoms. The maximum Gasteiger partial charge on any atom is 0.325 e. The highest BCUT2D eigenvalue weighted by molar-refractivity contribution is 7.98. The Kier molecular flexibility index (Phi) is 3.08. The maximum absolute atomic E-state index is 11.0. The second kappa shape index (κ2) is 3.75. The number of amides is 1. The Morgan fingerprint density at radius 1 is 1.54 bits per heavy atom. The quantitative estimate of drug-likeness (QED) is 0.723. The summed E-state index contributed by atoms with van der Waals surface area (Å²) in [5.41, 5.74) is -0.0451. The van der Waals surface area contributed by atoms with Gasteiger partial charge < -0.3 is 5.32 Å². The van der Waals surface area contributed by atoms with E-state index in [2.05, 4.69) is 30.8 Å². The Balaban J connectivity index is 2.64. The monoisotopic (exact) mass is 204 g/mol. The second-order valence-electron chi connectivity index (χ2n) is 3.99. The van der Waals surface area contributed by atoms with Crippen LogP contribution in [0.4, 0.5) is 4.79 Å². The van der Waals surface area contributed by atoms with E-state index < -0.39 is 16.2 Å². The van der Waals surface area contributed by atoms with Crippen molar-refractivity contribution in [2.45, 2.75) is 39.8 Å². The first kappa shape index (κ1) is 10.7. The zero-order valence-electron chi connectivity index (χ0n) is 8.22. The lowest BCUT2D eigenvalue weighted by Gasteiger charge is -2.29. The molecule has 76 valence electrons. The Bertz CT molecular complexity index is 224. The van der Waals surface area contributed by atoms with Crippen LogP contribution in [-0.2, 0) is 11.0 Å². The summed E-state index contributed by atoms with van der Waals surface area (Å²) in [6.07, 6.45) is 1.87. The fourth-order valence-electron chi connectivity index (χ4n) is 1.50. The van der Waals surface area contributed by atoms with Gasteiger partial charge in [0.15, 0.2) is 11.0 Å². The van der Waals surface area contributed by atoms with E-state index in [1.54, 1.807) is 0 Å². The molecular formula is C8H16N2O2S. The number of hydrogen-bond donors (Lipinski definition) is 2. The number of hydrogen-bond acceptors (Lipinski definition) is 2. The molecule has 1 rings (SSSR count). The van der Waals surface area contributed by atoms with Crippen molar-refractivity contribution in [2.75, 3.05) is 0 Å². The van der Waals surface area contributed by atoms with Gasteiger partial charge in [-0.25, -0.2) is 8.93 Å². The molecule has 0 aromatic carbocycles. The van der Waals surface area contributed by atoms with E-state index in [9.17, 15) is 9.00 Å². The summed E-state index contributed by atoms with van der Waals surface area (Å²) in [5, 5.41) is 2.27. The molecular weight excluding hydrogens is 188 g/mol. The molecule has 2 unspecified atom stereocenters. The number of nitrogens with one attached hydrogen (secondary N) is 2. The third-order valence-corrected chi connectivity index (χ3v) is 3.24. The van der Waals surface area contributed by atoms with Crippen LogP contribution in [0.15, 0.2) is 0 Å². The number of rotatable bonds is 3. The topological polar surface area (TPSA) is 58.2 Å². The Labute approximate surface area is 81.1 Å². The zero-order valence-corrected chi connectivity index (χ0v) is 9.03. The van der Waals surface area contributed by atoms with E-state index in [-0.39, 0.29) is 11.6 Å². The molecule has 4 nitrogen and oxygen atoms in total. The summed E-state index contributed by atoms with van der Waals surface area (Å²) in [6, 6.07) is 0. The molecule has 1 saturated heterocycles. The van der Waals surface area contributed by atoms with E-state index >= 15 is 0 Å². The first-order valence-electron chi connectivity index (χ1n) is 4.46. The van der Waals surface area contributed by atoms with Gasteiger partial charge in [0.2, 0.25) is 0 Å². The number of carbonyl (C=O) groups excluding carboxylic acids is 1. The third kappa shape index (κ3) is 2.28. The predicted molar refractivity (Wildman–Crippen MR) is 52.3 cm³/mol. The van der Waals surface area contributed by atoms with Crippen molar-refractivity contribution in [2.24, 2.45) is 5.41 Å². The zero-order chi connectivity index (χ0) is 10.1. The highest BCUT2D eigenvalue weighted by Crippen LogP contribution is 2.27. The summed E-state index contributed by atoms with van der Waals surface area (Å²) < 4.78 is 13.8. The molecule has 5 heteroatoms. The van der Waals surface area contributed by atoms with Crippen LogP contribution in [0.2, 0.25) is 0 Å². The average Bonchev–Trinajstić information content (AvgIpc) is 2.33. The van der Waals surface area contributed by atoms with Crippen LogP contribution in [0.3, 0.4) is 0 Å². The van der Waals surface area contributed by atoms with Gasteiger partial charge in [-0.2, -0.15) is 0 Å². The van der Waals surface area contributed by atoms with Crippen LogP contribution in [0.25, 0.3) is 0 Å². The second-order valence-corrected chi connectivity index (χ2v) is 5.13. The first-order valence-corrected chi connectivity index (χ1v) is 5.61. The first-order chi connectivity index (χ1) is 5.97. The summed E-state index contributed by atoms with van der Waals surface area (Å²) >= 11 is 0. The number of carbonyl (C=O) groups is 1. The summed E-state index contributed by atoms with van der Waals surface area (Å²) in [5.74, 6) is 0. The minimum absolute atomic E-state index is 0.0451. The highest BCUT2D eigenvalue weighted by Gasteiger charge is 2.37. The molecule has 0 aromatic rings. The van der Waals surface area contributed by atoms with Crippen LogP contribution in [0.1, 0.15) is 33.6 Å². The predicted octanol–water partition coefficient (Wildman–Crippen LogP) is 1.12. The molecule has 13 heavy (non-hydrogen) atoms. The van der Waals surface area contributed by atoms with Gasteiger partial charge in [-0.1, -0.05) is 27.2 Å². The van der Waals surface area contributed by atoms with Crippen molar-refractivity contribution >= 4 is 16.2 Å². The highest BCUT2D eigenvalue weighted by atomic mass is 32.2. The molecule has 0 saturated carbocycles. The van der Waals surface area contributed by atoms with Crippen LogP contribution >= 0.6 is 0 Å². The normalized spacial score (nSPS) is 29.0. The van der Waals surface area contributed by atoms with Crippen molar-refractivity contribution in [1.29, 1.82) is 0 Å². The molecule has 0 radical (unpaired) electrons. The molecule has 0 bridgehead atoms. The Morgan fingerprint density at radius 3 is 2.54 bits per heavy atom. The van der Waals surface area contributed by atoms with Gasteiger partial charge in [-0.05, 0) is 11.8 Å². The molecule has 1 aliphatic heterocycles. The molecule has 1 fully saturated rings. The SMILES string of the molecule is CCCC(C)(C)C1NC(=O)S(=O)N1. The van der Waals surface area contributed by atoms with E-state index in [4.69, 9.17) is 0 Å². The summed E-state index contributed by atoms with van der Waals surface area (Å²) in [6.45, 7) is 6.20. The smallest absolute Gasteiger partial charge is 0.325 e. The molecule has 1 amide bonds. The van der Waals surface area contributed by atoms with Gasteiger partial charge in [0.05, 0.1) is 6.17 Å². The van der Waals surface area contributed by atoms with Gasteiger partial charge >= 0.3 is 5.24 Å². The fraction of sp³-hybridized carbons (Fsp3) is 0.875. The molecule has 2 atom stereocenters. The molecule has 1 heterocycles. The Hall–Kier alpha value is -0.420. The van der Waals surface area contributed by atoms with Crippen LogP contribution in [0.5, 0.6) is 0 Å². The van der Waals surface area contributed by atoms with Crippen molar-refractivity contribution in [3.8, 4) is 0 Å². The lowest BCUT2D eigenvalue weighted by atomic mass is 9.85. The van der Waals surface area contributed by atoms with Gasteiger partial charge in [-0.15, -0.1) is 0 Å². The van der Waals surface area contributed by atoms with E-state index in [0.29, 0.717) is 0 Å². The lowest BCUT2D eigenvalue weighted by molar-refractivity contribution is 0.217. The van der Waals surface area contributed by atoms with Crippen LogP contribution < -0.4 is 10.0 Å². The van der Waals surface area contributed by atoms with E-state index in [1.807, 2.05) is 0 Å². The van der Waals surface area contributed by atoms with Gasteiger partial charge in [0.25, 0.3) is 0 Å². The maximum atomic E-state index is 11.0. The molecule has 1 aliphatic rings.